The molecule has 0 amide bonds. The number of aromatic carboxylic acids is 1. The van der Waals surface area contributed by atoms with Crippen LogP contribution in [-0.4, -0.2) is 21.0 Å². The number of hydrogen-bond donors (Lipinski definition) is 3. The van der Waals surface area contributed by atoms with Gasteiger partial charge >= 0.3 is 5.97 Å². The van der Waals surface area contributed by atoms with Crippen molar-refractivity contribution in [2.75, 3.05) is 10.6 Å². The molecular weight excluding hydrogens is 347 g/mol. The van der Waals surface area contributed by atoms with Crippen molar-refractivity contribution < 1.29 is 14.3 Å². The second kappa shape index (κ2) is 7.14. The summed E-state index contributed by atoms with van der Waals surface area (Å²) in [4.78, 5) is 19.4. The molecule has 126 valence electrons. The molecule has 8 heteroatoms. The molecule has 2 aromatic carbocycles. The second-order valence-electron chi connectivity index (χ2n) is 5.02. The van der Waals surface area contributed by atoms with E-state index < -0.39 is 11.8 Å². The van der Waals surface area contributed by atoms with Gasteiger partial charge in [0.25, 0.3) is 0 Å². The summed E-state index contributed by atoms with van der Waals surface area (Å²) in [6.07, 6.45) is 1.32. The average Bonchev–Trinajstić information content (AvgIpc) is 2.59. The summed E-state index contributed by atoms with van der Waals surface area (Å²) < 4.78 is 13.2. The van der Waals surface area contributed by atoms with Crippen LogP contribution in [0, 0.1) is 5.82 Å². The first-order valence-corrected chi connectivity index (χ1v) is 7.54. The Hall–Kier alpha value is -3.19. The molecule has 3 aromatic rings. The molecule has 1 heterocycles. The van der Waals surface area contributed by atoms with Crippen molar-refractivity contribution in [3.8, 4) is 0 Å². The van der Waals surface area contributed by atoms with Gasteiger partial charge in [0.2, 0.25) is 0 Å². The van der Waals surface area contributed by atoms with Crippen LogP contribution in [0.15, 0.2) is 54.9 Å². The van der Waals surface area contributed by atoms with E-state index >= 15 is 0 Å². The zero-order chi connectivity index (χ0) is 17.8. The summed E-state index contributed by atoms with van der Waals surface area (Å²) in [5, 5.41) is 15.1. The molecule has 0 bridgehead atoms. The Morgan fingerprint density at radius 1 is 1.04 bits per heavy atom. The molecule has 25 heavy (non-hydrogen) atoms. The lowest BCUT2D eigenvalue weighted by Gasteiger charge is -2.10. The smallest absolute Gasteiger partial charge is 0.337 e. The minimum atomic E-state index is -1.04. The van der Waals surface area contributed by atoms with E-state index in [1.165, 1.54) is 30.6 Å². The third kappa shape index (κ3) is 4.02. The average molecular weight is 359 g/mol. The number of carboxylic acid groups (broad SMARTS) is 1. The molecule has 0 saturated carbocycles. The van der Waals surface area contributed by atoms with Crippen molar-refractivity contribution in [1.29, 1.82) is 0 Å². The zero-order valence-corrected chi connectivity index (χ0v) is 13.5. The number of para-hydroxylation sites is 1. The summed E-state index contributed by atoms with van der Waals surface area (Å²) in [6, 6.07) is 12.3. The van der Waals surface area contributed by atoms with E-state index in [4.69, 9.17) is 11.6 Å². The third-order valence-corrected chi connectivity index (χ3v) is 3.57. The zero-order valence-electron chi connectivity index (χ0n) is 12.7. The normalized spacial score (nSPS) is 10.3. The van der Waals surface area contributed by atoms with Crippen LogP contribution in [0.25, 0.3) is 0 Å². The molecule has 0 aliphatic rings. The number of carbonyl (C=O) groups is 1. The van der Waals surface area contributed by atoms with Crippen LogP contribution in [-0.2, 0) is 0 Å². The molecular formula is C17H12ClFN4O2. The van der Waals surface area contributed by atoms with Crippen LogP contribution in [0.1, 0.15) is 10.4 Å². The van der Waals surface area contributed by atoms with Gasteiger partial charge < -0.3 is 15.7 Å². The minimum absolute atomic E-state index is 0.00668. The molecule has 0 saturated heterocycles. The van der Waals surface area contributed by atoms with Gasteiger partial charge in [-0.15, -0.1) is 0 Å². The first-order chi connectivity index (χ1) is 12.0. The molecule has 0 atom stereocenters. The molecule has 0 aliphatic carbocycles. The van der Waals surface area contributed by atoms with Crippen LogP contribution in [0.3, 0.4) is 0 Å². The van der Waals surface area contributed by atoms with Gasteiger partial charge in [-0.25, -0.2) is 19.2 Å². The van der Waals surface area contributed by atoms with Crippen LogP contribution >= 0.6 is 11.6 Å². The van der Waals surface area contributed by atoms with Gasteiger partial charge in [-0.3, -0.25) is 0 Å². The van der Waals surface area contributed by atoms with Crippen LogP contribution in [0.5, 0.6) is 0 Å². The first-order valence-electron chi connectivity index (χ1n) is 7.16. The molecule has 3 rings (SSSR count). The van der Waals surface area contributed by atoms with Gasteiger partial charge in [-0.2, -0.15) is 0 Å². The van der Waals surface area contributed by atoms with Crippen LogP contribution in [0.4, 0.5) is 27.4 Å². The number of halogens is 2. The Morgan fingerprint density at radius 3 is 2.48 bits per heavy atom. The molecule has 1 aromatic heterocycles. The van der Waals surface area contributed by atoms with Gasteiger partial charge in [0.15, 0.2) is 0 Å². The van der Waals surface area contributed by atoms with E-state index in [0.29, 0.717) is 23.0 Å². The Kier molecular flexibility index (Phi) is 4.76. The van der Waals surface area contributed by atoms with Crippen molar-refractivity contribution in [2.45, 2.75) is 0 Å². The van der Waals surface area contributed by atoms with Crippen molar-refractivity contribution in [3.63, 3.8) is 0 Å². The van der Waals surface area contributed by atoms with Gasteiger partial charge in [-0.1, -0.05) is 23.7 Å². The maximum atomic E-state index is 13.2. The van der Waals surface area contributed by atoms with E-state index in [9.17, 15) is 14.3 Å². The van der Waals surface area contributed by atoms with Gasteiger partial charge in [0, 0.05) is 11.8 Å². The SMILES string of the molecule is O=C(O)c1ccccc1Nc1cc(Nc2ccc(F)c(Cl)c2)ncn1. The number of nitrogens with zero attached hydrogens (tertiary/aromatic N) is 2. The van der Waals surface area contributed by atoms with Crippen LogP contribution < -0.4 is 10.6 Å². The summed E-state index contributed by atoms with van der Waals surface area (Å²) in [7, 11) is 0. The van der Waals surface area contributed by atoms with Crippen molar-refractivity contribution >= 4 is 40.6 Å². The van der Waals surface area contributed by atoms with E-state index in [1.807, 2.05) is 0 Å². The lowest BCUT2D eigenvalue weighted by Crippen LogP contribution is -2.04. The largest absolute Gasteiger partial charge is 0.478 e. The highest BCUT2D eigenvalue weighted by Crippen LogP contribution is 2.24. The second-order valence-corrected chi connectivity index (χ2v) is 5.43. The fraction of sp³-hybridized carbons (Fsp3) is 0. The van der Waals surface area contributed by atoms with E-state index in [0.717, 1.165) is 0 Å². The fourth-order valence-corrected chi connectivity index (χ4v) is 2.31. The summed E-state index contributed by atoms with van der Waals surface area (Å²) >= 11 is 5.75. The highest BCUT2D eigenvalue weighted by molar-refractivity contribution is 6.31. The molecule has 3 N–H and O–H groups in total. The third-order valence-electron chi connectivity index (χ3n) is 3.28. The van der Waals surface area contributed by atoms with Crippen molar-refractivity contribution in [2.24, 2.45) is 0 Å². The van der Waals surface area contributed by atoms with Gasteiger partial charge in [0.1, 0.15) is 23.8 Å². The number of hydrogen-bond acceptors (Lipinski definition) is 5. The number of benzene rings is 2. The lowest BCUT2D eigenvalue weighted by molar-refractivity contribution is 0.0698. The number of anilines is 4. The Labute approximate surface area is 147 Å². The number of nitrogens with one attached hydrogen (secondary N) is 2. The Balaban J connectivity index is 1.82. The van der Waals surface area contributed by atoms with E-state index in [2.05, 4.69) is 20.6 Å². The standard InChI is InChI=1S/C17H12ClFN4O2/c18-12-7-10(5-6-13(12)19)22-15-8-16(21-9-20-15)23-14-4-2-1-3-11(14)17(24)25/h1-9H,(H,24,25)(H2,20,21,22,23). The quantitative estimate of drug-likeness (QED) is 0.624. The van der Waals surface area contributed by atoms with E-state index in [1.54, 1.807) is 24.3 Å². The molecule has 0 spiro atoms. The maximum Gasteiger partial charge on any atom is 0.337 e. The van der Waals surface area contributed by atoms with Crippen molar-refractivity contribution in [1.82, 2.24) is 9.97 Å². The Morgan fingerprint density at radius 2 is 1.76 bits per heavy atom. The number of aromatic nitrogens is 2. The van der Waals surface area contributed by atoms with Crippen molar-refractivity contribution in [3.05, 3.63) is 71.3 Å². The van der Waals surface area contributed by atoms with Gasteiger partial charge in [0.05, 0.1) is 16.3 Å². The fourth-order valence-electron chi connectivity index (χ4n) is 2.13. The maximum absolute atomic E-state index is 13.2. The highest BCUT2D eigenvalue weighted by atomic mass is 35.5. The van der Waals surface area contributed by atoms with Crippen LogP contribution in [0.2, 0.25) is 5.02 Å². The van der Waals surface area contributed by atoms with E-state index in [-0.39, 0.29) is 10.6 Å². The number of carboxylic acids is 1. The minimum Gasteiger partial charge on any atom is -0.478 e. The Bertz CT molecular complexity index is 936. The summed E-state index contributed by atoms with van der Waals surface area (Å²) in [5.74, 6) is -0.716. The number of rotatable bonds is 5. The first kappa shape index (κ1) is 16.7. The van der Waals surface area contributed by atoms with Gasteiger partial charge in [-0.05, 0) is 30.3 Å². The molecule has 0 radical (unpaired) electrons. The predicted molar refractivity (Wildman–Crippen MR) is 93.4 cm³/mol. The highest BCUT2D eigenvalue weighted by Gasteiger charge is 2.10. The summed E-state index contributed by atoms with van der Waals surface area (Å²) in [5.41, 5.74) is 1.09. The molecule has 0 fully saturated rings. The monoisotopic (exact) mass is 358 g/mol. The molecule has 0 aliphatic heterocycles. The predicted octanol–water partition coefficient (Wildman–Crippen LogP) is 4.45. The summed E-state index contributed by atoms with van der Waals surface area (Å²) in [6.45, 7) is 0. The molecule has 6 nitrogen and oxygen atoms in total. The topological polar surface area (TPSA) is 87.1 Å². The molecule has 0 unspecified atom stereocenters. The lowest BCUT2D eigenvalue weighted by atomic mass is 10.2.